The van der Waals surface area contributed by atoms with E-state index in [0.29, 0.717) is 11.1 Å². The van der Waals surface area contributed by atoms with Gasteiger partial charge in [-0.1, -0.05) is 176 Å². The number of hydrogen-bond acceptors (Lipinski definition) is 3. The highest BCUT2D eigenvalue weighted by Gasteiger charge is 2.19. The number of nitrogens with zero attached hydrogens (tertiary/aromatic N) is 5. The molecule has 3 aromatic heterocycles. The molecule has 0 atom stereocenters. The van der Waals surface area contributed by atoms with E-state index in [1.807, 2.05) is 18.3 Å². The van der Waals surface area contributed by atoms with Gasteiger partial charge in [0.2, 0.25) is 0 Å². The largest absolute Gasteiger partial charge is 0.309 e. The molecule has 0 aliphatic rings. The SMILES string of the molecule is N#Cc1ccc(-c2cc(-c3ccc(-n4c5ccc(-c6ccccc6)cc5c5cc(-c6ccccc6)ccc54)cc3)ncc2-c2ccc(-n3c4ccc(-c5ccccc5)cc4c4cc(-c5ccccc5)ccc43)cc2)cc1C#N. The van der Waals surface area contributed by atoms with Crippen LogP contribution in [0.1, 0.15) is 11.1 Å². The summed E-state index contributed by atoms with van der Waals surface area (Å²) in [6.45, 7) is 0. The molecule has 11 aromatic carbocycles. The second-order valence-corrected chi connectivity index (χ2v) is 19.8. The fourth-order valence-electron chi connectivity index (χ4n) is 11.4. The smallest absolute Gasteiger partial charge is 0.101 e. The predicted octanol–water partition coefficient (Wildman–Crippen LogP) is 18.7. The topological polar surface area (TPSA) is 70.3 Å². The van der Waals surface area contributed by atoms with E-state index < -0.39 is 0 Å². The first-order valence-corrected chi connectivity index (χ1v) is 26.1. The maximum Gasteiger partial charge on any atom is 0.101 e. The van der Waals surface area contributed by atoms with Gasteiger partial charge in [-0.25, -0.2) is 0 Å². The lowest BCUT2D eigenvalue weighted by atomic mass is 9.92. The number of rotatable bonds is 9. The van der Waals surface area contributed by atoms with Gasteiger partial charge in [-0.05, 0) is 152 Å². The Morgan fingerprint density at radius 3 is 0.987 bits per heavy atom. The van der Waals surface area contributed by atoms with Crippen LogP contribution in [0.15, 0.2) is 273 Å². The molecule has 0 saturated carbocycles. The standard InChI is InChI=1S/C73H45N5/c74-45-59-22-21-58(39-60(59)46-75)63-44-69(53-25-33-62(34-26-53)78-72-37-29-56(50-17-9-3-10-18-50)42-66(72)67-43-57(30-38-73(67)78)51-19-11-4-12-20-51)76-47-68(63)52-23-31-61(32-24-52)77-70-35-27-54(48-13-5-1-6-14-48)40-64(70)65-41-55(28-36-71(65)77)49-15-7-2-8-16-49/h1-44,47H. The second kappa shape index (κ2) is 19.1. The monoisotopic (exact) mass is 991 g/mol. The molecule has 0 aliphatic carbocycles. The van der Waals surface area contributed by atoms with Crippen molar-refractivity contribution >= 4 is 43.6 Å². The summed E-state index contributed by atoms with van der Waals surface area (Å²) >= 11 is 0. The van der Waals surface area contributed by atoms with E-state index in [1.165, 1.54) is 66.1 Å². The average molecular weight is 992 g/mol. The number of aromatic nitrogens is 3. The van der Waals surface area contributed by atoms with Crippen LogP contribution in [-0.4, -0.2) is 14.1 Å². The first-order valence-electron chi connectivity index (χ1n) is 26.1. The number of nitriles is 2. The first kappa shape index (κ1) is 45.7. The summed E-state index contributed by atoms with van der Waals surface area (Å²) < 4.78 is 4.71. The zero-order chi connectivity index (χ0) is 52.1. The van der Waals surface area contributed by atoms with Gasteiger partial charge in [-0.2, -0.15) is 10.5 Å². The number of fused-ring (bicyclic) bond motifs is 6. The molecule has 0 fully saturated rings. The van der Waals surface area contributed by atoms with Crippen LogP contribution in [0.5, 0.6) is 0 Å². The lowest BCUT2D eigenvalue weighted by molar-refractivity contribution is 1.18. The minimum Gasteiger partial charge on any atom is -0.309 e. The maximum absolute atomic E-state index is 10.2. The van der Waals surface area contributed by atoms with Crippen molar-refractivity contribution in [3.05, 3.63) is 284 Å². The average Bonchev–Trinajstić information content (AvgIpc) is 4.24. The van der Waals surface area contributed by atoms with Crippen LogP contribution in [0.3, 0.4) is 0 Å². The van der Waals surface area contributed by atoms with E-state index in [0.717, 1.165) is 67.0 Å². The van der Waals surface area contributed by atoms with Crippen molar-refractivity contribution in [2.75, 3.05) is 0 Å². The lowest BCUT2D eigenvalue weighted by Crippen LogP contribution is -1.96. The van der Waals surface area contributed by atoms with E-state index in [9.17, 15) is 10.5 Å². The molecule has 0 bridgehead atoms. The molecule has 5 heteroatoms. The molecule has 14 aromatic rings. The third-order valence-electron chi connectivity index (χ3n) is 15.3. The fraction of sp³-hybridized carbons (Fsp3) is 0. The van der Waals surface area contributed by atoms with Crippen LogP contribution in [0.4, 0.5) is 0 Å². The summed E-state index contributed by atoms with van der Waals surface area (Å²) in [4.78, 5) is 5.15. The molecule has 0 amide bonds. The van der Waals surface area contributed by atoms with Crippen molar-refractivity contribution in [2.45, 2.75) is 0 Å². The molecule has 78 heavy (non-hydrogen) atoms. The van der Waals surface area contributed by atoms with Crippen molar-refractivity contribution in [3.63, 3.8) is 0 Å². The van der Waals surface area contributed by atoms with Gasteiger partial charge in [0.15, 0.2) is 0 Å². The van der Waals surface area contributed by atoms with Crippen molar-refractivity contribution in [1.29, 1.82) is 10.5 Å². The van der Waals surface area contributed by atoms with E-state index in [-0.39, 0.29) is 0 Å². The van der Waals surface area contributed by atoms with Gasteiger partial charge >= 0.3 is 0 Å². The van der Waals surface area contributed by atoms with Gasteiger partial charge in [0.1, 0.15) is 12.1 Å². The Hall–Kier alpha value is -10.9. The Bertz CT molecular complexity index is 4500. The van der Waals surface area contributed by atoms with Crippen molar-refractivity contribution < 1.29 is 0 Å². The van der Waals surface area contributed by atoms with Gasteiger partial charge in [-0.3, -0.25) is 4.98 Å². The van der Waals surface area contributed by atoms with E-state index in [2.05, 4.69) is 270 Å². The van der Waals surface area contributed by atoms with Gasteiger partial charge < -0.3 is 9.13 Å². The zero-order valence-electron chi connectivity index (χ0n) is 42.2. The zero-order valence-corrected chi connectivity index (χ0v) is 42.2. The number of pyridine rings is 1. The van der Waals surface area contributed by atoms with E-state index in [1.54, 1.807) is 6.07 Å². The quantitative estimate of drug-likeness (QED) is 0.145. The minimum atomic E-state index is 0.328. The Labute approximate surface area is 451 Å². The summed E-state index contributed by atoms with van der Waals surface area (Å²) in [5.41, 5.74) is 22.0. The molecule has 0 N–H and O–H groups in total. The van der Waals surface area contributed by atoms with Crippen molar-refractivity contribution in [1.82, 2.24) is 14.1 Å². The Kier molecular flexibility index (Phi) is 11.2. The summed E-state index contributed by atoms with van der Waals surface area (Å²) in [5.74, 6) is 0. The third kappa shape index (κ3) is 7.99. The Morgan fingerprint density at radius 2 is 0.615 bits per heavy atom. The minimum absolute atomic E-state index is 0.328. The molecule has 0 spiro atoms. The van der Waals surface area contributed by atoms with Gasteiger partial charge in [0.05, 0.1) is 38.9 Å². The highest BCUT2D eigenvalue weighted by Crippen LogP contribution is 2.41. The lowest BCUT2D eigenvalue weighted by Gasteiger charge is -2.15. The highest BCUT2D eigenvalue weighted by molar-refractivity contribution is 6.13. The predicted molar refractivity (Wildman–Crippen MR) is 320 cm³/mol. The third-order valence-corrected chi connectivity index (χ3v) is 15.3. The molecule has 3 heterocycles. The van der Waals surface area contributed by atoms with Crippen LogP contribution < -0.4 is 0 Å². The molecule has 0 unspecified atom stereocenters. The Morgan fingerprint density at radius 1 is 0.269 bits per heavy atom. The van der Waals surface area contributed by atoms with Crippen LogP contribution in [0, 0.1) is 22.7 Å². The van der Waals surface area contributed by atoms with E-state index >= 15 is 0 Å². The summed E-state index contributed by atoms with van der Waals surface area (Å²) in [5, 5.41) is 24.9. The number of hydrogen-bond donors (Lipinski definition) is 0. The van der Waals surface area contributed by atoms with Crippen LogP contribution in [0.25, 0.3) is 133 Å². The highest BCUT2D eigenvalue weighted by atomic mass is 15.0. The van der Waals surface area contributed by atoms with Gasteiger partial charge in [-0.15, -0.1) is 0 Å². The molecule has 0 saturated heterocycles. The van der Waals surface area contributed by atoms with Crippen molar-refractivity contribution in [2.24, 2.45) is 0 Å². The molecule has 362 valence electrons. The number of benzene rings is 11. The van der Waals surface area contributed by atoms with Crippen molar-refractivity contribution in [3.8, 4) is 102 Å². The van der Waals surface area contributed by atoms with Gasteiger partial charge in [0.25, 0.3) is 0 Å². The Balaban J connectivity index is 0.862. The molecular weight excluding hydrogens is 947 g/mol. The second-order valence-electron chi connectivity index (χ2n) is 19.8. The normalized spacial score (nSPS) is 11.3. The summed E-state index contributed by atoms with van der Waals surface area (Å²) in [6, 6.07) is 98.7. The fourth-order valence-corrected chi connectivity index (χ4v) is 11.4. The maximum atomic E-state index is 10.2. The molecular formula is C73H45N5. The molecule has 5 nitrogen and oxygen atoms in total. The first-order chi connectivity index (χ1) is 38.6. The van der Waals surface area contributed by atoms with Crippen LogP contribution in [0.2, 0.25) is 0 Å². The molecule has 0 aliphatic heterocycles. The summed E-state index contributed by atoms with van der Waals surface area (Å²) in [7, 11) is 0. The van der Waals surface area contributed by atoms with Crippen LogP contribution in [-0.2, 0) is 0 Å². The van der Waals surface area contributed by atoms with Gasteiger partial charge in [0, 0.05) is 50.2 Å². The molecule has 14 rings (SSSR count). The van der Waals surface area contributed by atoms with E-state index in [4.69, 9.17) is 4.98 Å². The molecule has 0 radical (unpaired) electrons. The van der Waals surface area contributed by atoms with Crippen LogP contribution >= 0.6 is 0 Å². The summed E-state index contributed by atoms with van der Waals surface area (Å²) in [6.07, 6.45) is 1.94.